The van der Waals surface area contributed by atoms with E-state index in [4.69, 9.17) is 22.0 Å². The van der Waals surface area contributed by atoms with Crippen LogP contribution in [-0.2, 0) is 6.61 Å². The fourth-order valence-corrected chi connectivity index (χ4v) is 2.39. The van der Waals surface area contributed by atoms with Gasteiger partial charge < -0.3 is 30.9 Å². The van der Waals surface area contributed by atoms with Gasteiger partial charge in [-0.25, -0.2) is 15.8 Å². The van der Waals surface area contributed by atoms with E-state index >= 15 is 0 Å². The van der Waals surface area contributed by atoms with Crippen molar-refractivity contribution in [1.29, 1.82) is 0 Å². The van der Waals surface area contributed by atoms with Crippen LogP contribution in [0.25, 0.3) is 5.69 Å². The van der Waals surface area contributed by atoms with Gasteiger partial charge in [0.25, 0.3) is 0 Å². The highest BCUT2D eigenvalue weighted by atomic mass is 19.4. The minimum absolute atomic E-state index is 0.0602. The second-order valence-electron chi connectivity index (χ2n) is 5.55. The maximum absolute atomic E-state index is 12.8. The molecule has 12 heteroatoms. The van der Waals surface area contributed by atoms with E-state index in [0.29, 0.717) is 5.69 Å². The molecule has 1 aromatic carbocycles. The quantitative estimate of drug-likeness (QED) is 0.368. The maximum Gasteiger partial charge on any atom is 0.573 e. The Morgan fingerprint density at radius 1 is 1.14 bits per heavy atom. The summed E-state index contributed by atoms with van der Waals surface area (Å²) in [5.74, 6) is 5.13. The van der Waals surface area contributed by atoms with Crippen LogP contribution in [0.3, 0.4) is 0 Å². The molecule has 9 nitrogen and oxygen atoms in total. The Balaban J connectivity index is 1.90. The lowest BCUT2D eigenvalue weighted by Crippen LogP contribution is -2.19. The van der Waals surface area contributed by atoms with Gasteiger partial charge in [0.15, 0.2) is 5.82 Å². The molecule has 7 N–H and O–H groups in total. The molecule has 0 amide bonds. The number of halogens is 3. The summed E-state index contributed by atoms with van der Waals surface area (Å²) in [7, 11) is 0. The molecular formula is C16H16F3N7O2. The number of hydrogen-bond acceptors (Lipinski definition) is 8. The number of aromatic nitrogens is 3. The third-order valence-corrected chi connectivity index (χ3v) is 3.64. The van der Waals surface area contributed by atoms with Crippen LogP contribution in [0.1, 0.15) is 5.56 Å². The molecule has 0 aliphatic rings. The number of nitrogen functional groups attached to an aromatic ring is 3. The van der Waals surface area contributed by atoms with Crippen molar-refractivity contribution < 1.29 is 22.6 Å². The van der Waals surface area contributed by atoms with E-state index in [1.807, 2.05) is 0 Å². The first-order chi connectivity index (χ1) is 13.3. The lowest BCUT2D eigenvalue weighted by molar-refractivity contribution is -0.275. The number of ether oxygens (including phenoxy) is 2. The molecule has 3 rings (SSSR count). The van der Waals surface area contributed by atoms with Crippen LogP contribution in [0.15, 0.2) is 43.0 Å². The molecule has 0 aliphatic heterocycles. The number of hydrazine groups is 1. The Morgan fingerprint density at radius 2 is 1.93 bits per heavy atom. The first-order valence-corrected chi connectivity index (χ1v) is 7.79. The van der Waals surface area contributed by atoms with Gasteiger partial charge in [0.05, 0.1) is 12.0 Å². The molecule has 0 saturated carbocycles. The van der Waals surface area contributed by atoms with Crippen LogP contribution in [0.5, 0.6) is 11.5 Å². The topological polar surface area (TPSA) is 139 Å². The molecule has 0 atom stereocenters. The van der Waals surface area contributed by atoms with E-state index < -0.39 is 12.1 Å². The van der Waals surface area contributed by atoms with Gasteiger partial charge in [-0.3, -0.25) is 0 Å². The van der Waals surface area contributed by atoms with E-state index in [1.54, 1.807) is 12.3 Å². The number of anilines is 3. The summed E-state index contributed by atoms with van der Waals surface area (Å²) in [6.07, 6.45) is -0.338. The van der Waals surface area contributed by atoms with Gasteiger partial charge in [0.2, 0.25) is 0 Å². The summed E-state index contributed by atoms with van der Waals surface area (Å²) in [4.78, 5) is 7.73. The molecule has 2 aromatic heterocycles. The zero-order valence-electron chi connectivity index (χ0n) is 14.3. The summed E-state index contributed by atoms with van der Waals surface area (Å²) in [5.41, 5.74) is 14.4. The second kappa shape index (κ2) is 7.52. The van der Waals surface area contributed by atoms with Gasteiger partial charge >= 0.3 is 6.36 Å². The number of rotatable bonds is 6. The minimum Gasteiger partial charge on any atom is -0.486 e. The first-order valence-electron chi connectivity index (χ1n) is 7.79. The highest BCUT2D eigenvalue weighted by molar-refractivity contribution is 5.71. The summed E-state index contributed by atoms with van der Waals surface area (Å²) < 4.78 is 49.7. The first kappa shape index (κ1) is 19.1. The molecule has 0 saturated heterocycles. The zero-order chi connectivity index (χ0) is 20.3. The summed E-state index contributed by atoms with van der Waals surface area (Å²) in [6, 6.07) is 5.60. The fourth-order valence-electron chi connectivity index (χ4n) is 2.39. The average Bonchev–Trinajstić information content (AvgIpc) is 3.16. The average molecular weight is 395 g/mol. The van der Waals surface area contributed by atoms with Crippen molar-refractivity contribution in [2.75, 3.05) is 16.9 Å². The predicted molar refractivity (Wildman–Crippen MR) is 95.5 cm³/mol. The van der Waals surface area contributed by atoms with E-state index in [0.717, 1.165) is 0 Å². The SMILES string of the molecule is NNc1nc(N)cc(OCc2ccc(-n3ccnc3)cc2OC(F)(F)F)c1N. The maximum atomic E-state index is 12.8. The standard InChI is InChI=1S/C16H16F3N7O2/c17-16(18,19)28-11-5-10(26-4-3-23-8-26)2-1-9(11)7-27-12-6-13(20)24-15(25-22)14(12)21/h1-6,8H,7,21-22H2,(H3,20,24,25). The molecular weight excluding hydrogens is 379 g/mol. The van der Waals surface area contributed by atoms with Crippen LogP contribution in [0.4, 0.5) is 30.5 Å². The number of imidazole rings is 1. The summed E-state index contributed by atoms with van der Waals surface area (Å²) in [6.45, 7) is -0.271. The van der Waals surface area contributed by atoms with Crippen LogP contribution < -0.4 is 32.2 Å². The van der Waals surface area contributed by atoms with E-state index in [1.165, 1.54) is 35.3 Å². The molecule has 0 fully saturated rings. The van der Waals surface area contributed by atoms with Crippen molar-refractivity contribution in [3.8, 4) is 17.2 Å². The predicted octanol–water partition coefficient (Wildman–Crippen LogP) is 2.19. The van der Waals surface area contributed by atoms with Gasteiger partial charge in [-0.05, 0) is 12.1 Å². The number of hydrogen-bond donors (Lipinski definition) is 4. The number of pyridine rings is 1. The van der Waals surface area contributed by atoms with Crippen molar-refractivity contribution in [3.63, 3.8) is 0 Å². The number of nitrogens with one attached hydrogen (secondary N) is 1. The molecule has 28 heavy (non-hydrogen) atoms. The Hall–Kier alpha value is -3.67. The van der Waals surface area contributed by atoms with E-state index in [-0.39, 0.29) is 35.2 Å². The molecule has 0 aliphatic carbocycles. The lowest BCUT2D eigenvalue weighted by Gasteiger charge is -2.17. The van der Waals surface area contributed by atoms with Gasteiger partial charge in [0.1, 0.15) is 29.6 Å². The molecule has 148 valence electrons. The number of nitrogens with zero attached hydrogens (tertiary/aromatic N) is 3. The van der Waals surface area contributed by atoms with Crippen LogP contribution in [-0.4, -0.2) is 20.9 Å². The van der Waals surface area contributed by atoms with Crippen molar-refractivity contribution in [2.24, 2.45) is 5.84 Å². The largest absolute Gasteiger partial charge is 0.573 e. The molecule has 0 spiro atoms. The van der Waals surface area contributed by atoms with Gasteiger partial charge in [-0.2, -0.15) is 0 Å². The summed E-state index contributed by atoms with van der Waals surface area (Å²) in [5, 5.41) is 0. The fraction of sp³-hybridized carbons (Fsp3) is 0.125. The van der Waals surface area contributed by atoms with Crippen LogP contribution >= 0.6 is 0 Å². The summed E-state index contributed by atoms with van der Waals surface area (Å²) >= 11 is 0. The Morgan fingerprint density at radius 3 is 2.57 bits per heavy atom. The lowest BCUT2D eigenvalue weighted by atomic mass is 10.2. The minimum atomic E-state index is -4.88. The molecule has 2 heterocycles. The van der Waals surface area contributed by atoms with Crippen molar-refractivity contribution in [1.82, 2.24) is 14.5 Å². The van der Waals surface area contributed by atoms with Gasteiger partial charge in [0, 0.05) is 30.1 Å². The second-order valence-corrected chi connectivity index (χ2v) is 5.55. The van der Waals surface area contributed by atoms with Crippen molar-refractivity contribution >= 4 is 17.3 Å². The van der Waals surface area contributed by atoms with E-state index in [2.05, 4.69) is 20.1 Å². The smallest absolute Gasteiger partial charge is 0.486 e. The zero-order valence-corrected chi connectivity index (χ0v) is 14.3. The third kappa shape index (κ3) is 4.35. The molecule has 3 aromatic rings. The molecule has 0 bridgehead atoms. The number of alkyl halides is 3. The van der Waals surface area contributed by atoms with Crippen LogP contribution in [0.2, 0.25) is 0 Å². The van der Waals surface area contributed by atoms with Crippen molar-refractivity contribution in [3.05, 3.63) is 48.5 Å². The molecule has 0 unspecified atom stereocenters. The number of benzene rings is 1. The Labute approximate surface area is 156 Å². The molecule has 0 radical (unpaired) electrons. The monoisotopic (exact) mass is 395 g/mol. The normalized spacial score (nSPS) is 11.3. The number of nitrogens with two attached hydrogens (primary N) is 3. The van der Waals surface area contributed by atoms with Gasteiger partial charge in [-0.15, -0.1) is 13.2 Å². The Bertz CT molecular complexity index is 962. The van der Waals surface area contributed by atoms with Crippen LogP contribution in [0, 0.1) is 0 Å². The highest BCUT2D eigenvalue weighted by Crippen LogP contribution is 2.33. The van der Waals surface area contributed by atoms with Crippen molar-refractivity contribution in [2.45, 2.75) is 13.0 Å². The highest BCUT2D eigenvalue weighted by Gasteiger charge is 2.32. The van der Waals surface area contributed by atoms with E-state index in [9.17, 15) is 13.2 Å². The Kier molecular flexibility index (Phi) is 5.13. The third-order valence-electron chi connectivity index (χ3n) is 3.64. The van der Waals surface area contributed by atoms with Gasteiger partial charge in [-0.1, -0.05) is 0 Å².